The van der Waals surface area contributed by atoms with Crippen LogP contribution in [0.1, 0.15) is 12.5 Å². The Morgan fingerprint density at radius 1 is 1.37 bits per heavy atom. The molecule has 0 aromatic heterocycles. The van der Waals surface area contributed by atoms with Gasteiger partial charge in [0.05, 0.1) is 0 Å². The van der Waals surface area contributed by atoms with Crippen molar-refractivity contribution in [3.63, 3.8) is 0 Å². The van der Waals surface area contributed by atoms with Crippen LogP contribution in [0.25, 0.3) is 6.08 Å². The van der Waals surface area contributed by atoms with Crippen molar-refractivity contribution in [2.24, 2.45) is 0 Å². The summed E-state index contributed by atoms with van der Waals surface area (Å²) in [5.74, 6) is -1.14. The Hall–Kier alpha value is -1.98. The van der Waals surface area contributed by atoms with E-state index in [2.05, 4.69) is 0 Å². The molecule has 0 unspecified atom stereocenters. The highest BCUT2D eigenvalue weighted by molar-refractivity contribution is 5.87. The molecule has 6 heteroatoms. The quantitative estimate of drug-likeness (QED) is 0.838. The third-order valence-electron chi connectivity index (χ3n) is 2.43. The number of hydrogen-bond donors (Lipinski definition) is 1. The summed E-state index contributed by atoms with van der Waals surface area (Å²) in [7, 11) is 0. The molecule has 1 N–H and O–H groups in total. The molecular formula is C13H14F3NO2. The molecule has 0 aliphatic heterocycles. The lowest BCUT2D eigenvalue weighted by Gasteiger charge is -2.26. The smallest absolute Gasteiger partial charge is 0.405 e. The van der Waals surface area contributed by atoms with E-state index in [-0.39, 0.29) is 6.54 Å². The molecule has 0 radical (unpaired) electrons. The van der Waals surface area contributed by atoms with Gasteiger partial charge in [0.1, 0.15) is 6.54 Å². The molecule has 0 saturated carbocycles. The number of carboxylic acid groups (broad SMARTS) is 1. The first-order valence-electron chi connectivity index (χ1n) is 5.65. The molecule has 0 spiro atoms. The first-order valence-corrected chi connectivity index (χ1v) is 5.65. The average Bonchev–Trinajstić information content (AvgIpc) is 2.33. The topological polar surface area (TPSA) is 40.5 Å². The fraction of sp³-hybridized carbons (Fsp3) is 0.308. The van der Waals surface area contributed by atoms with Gasteiger partial charge in [0.25, 0.3) is 0 Å². The van der Waals surface area contributed by atoms with Crippen LogP contribution in [0.15, 0.2) is 30.3 Å². The van der Waals surface area contributed by atoms with Crippen LogP contribution in [0.5, 0.6) is 0 Å². The molecule has 1 aromatic carbocycles. The molecule has 19 heavy (non-hydrogen) atoms. The van der Waals surface area contributed by atoms with Crippen LogP contribution in [-0.2, 0) is 4.79 Å². The van der Waals surface area contributed by atoms with Crippen molar-refractivity contribution in [2.75, 3.05) is 18.0 Å². The average molecular weight is 273 g/mol. The van der Waals surface area contributed by atoms with Crippen LogP contribution in [0.4, 0.5) is 18.9 Å². The molecule has 0 saturated heterocycles. The van der Waals surface area contributed by atoms with Crippen LogP contribution >= 0.6 is 0 Å². The highest BCUT2D eigenvalue weighted by Gasteiger charge is 2.30. The minimum atomic E-state index is -4.31. The summed E-state index contributed by atoms with van der Waals surface area (Å²) in [5.41, 5.74) is 0.802. The third-order valence-corrected chi connectivity index (χ3v) is 2.43. The van der Waals surface area contributed by atoms with E-state index >= 15 is 0 Å². The van der Waals surface area contributed by atoms with Gasteiger partial charge in [-0.1, -0.05) is 18.2 Å². The number of anilines is 1. The fourth-order valence-electron chi connectivity index (χ4n) is 1.66. The zero-order chi connectivity index (χ0) is 14.5. The van der Waals surface area contributed by atoms with Gasteiger partial charge in [-0.15, -0.1) is 0 Å². The number of alkyl halides is 3. The van der Waals surface area contributed by atoms with Crippen molar-refractivity contribution in [2.45, 2.75) is 13.1 Å². The van der Waals surface area contributed by atoms with Crippen molar-refractivity contribution >= 4 is 17.7 Å². The third kappa shape index (κ3) is 5.03. The van der Waals surface area contributed by atoms with Crippen molar-refractivity contribution in [1.82, 2.24) is 0 Å². The predicted molar refractivity (Wildman–Crippen MR) is 67.1 cm³/mol. The van der Waals surface area contributed by atoms with Gasteiger partial charge in [-0.25, -0.2) is 4.79 Å². The predicted octanol–water partition coefficient (Wildman–Crippen LogP) is 3.17. The molecule has 0 bridgehead atoms. The van der Waals surface area contributed by atoms with Crippen LogP contribution in [0.3, 0.4) is 0 Å². The maximum absolute atomic E-state index is 12.5. The number of benzene rings is 1. The number of para-hydroxylation sites is 1. The van der Waals surface area contributed by atoms with E-state index in [1.165, 1.54) is 12.1 Å². The van der Waals surface area contributed by atoms with Crippen LogP contribution in [0.2, 0.25) is 0 Å². The van der Waals surface area contributed by atoms with Crippen molar-refractivity contribution in [3.05, 3.63) is 35.9 Å². The number of halogens is 3. The van der Waals surface area contributed by atoms with E-state index in [0.717, 1.165) is 11.0 Å². The minimum absolute atomic E-state index is 0.178. The van der Waals surface area contributed by atoms with Gasteiger partial charge in [0.2, 0.25) is 0 Å². The molecule has 0 atom stereocenters. The Morgan fingerprint density at radius 3 is 2.53 bits per heavy atom. The van der Waals surface area contributed by atoms with Crippen LogP contribution in [0, 0.1) is 0 Å². The summed E-state index contributed by atoms with van der Waals surface area (Å²) >= 11 is 0. The summed E-state index contributed by atoms with van der Waals surface area (Å²) < 4.78 is 37.4. The van der Waals surface area contributed by atoms with Gasteiger partial charge in [-0.3, -0.25) is 0 Å². The molecular weight excluding hydrogens is 259 g/mol. The molecule has 3 nitrogen and oxygen atoms in total. The van der Waals surface area contributed by atoms with Gasteiger partial charge < -0.3 is 10.0 Å². The van der Waals surface area contributed by atoms with E-state index < -0.39 is 18.7 Å². The number of rotatable bonds is 5. The Balaban J connectivity index is 3.06. The molecule has 0 aliphatic rings. The number of carboxylic acids is 1. The Labute approximate surface area is 109 Å². The lowest BCUT2D eigenvalue weighted by atomic mass is 10.1. The van der Waals surface area contributed by atoms with Gasteiger partial charge in [-0.05, 0) is 24.6 Å². The molecule has 0 aliphatic carbocycles. The summed E-state index contributed by atoms with van der Waals surface area (Å²) in [5, 5.41) is 8.57. The maximum Gasteiger partial charge on any atom is 0.405 e. The van der Waals surface area contributed by atoms with Gasteiger partial charge >= 0.3 is 12.1 Å². The first-order chi connectivity index (χ1) is 8.83. The SMILES string of the molecule is CCN(CC(F)(F)F)c1ccccc1/C=C/C(=O)O. The molecule has 0 amide bonds. The highest BCUT2D eigenvalue weighted by atomic mass is 19.4. The first kappa shape index (κ1) is 15.1. The highest BCUT2D eigenvalue weighted by Crippen LogP contribution is 2.25. The Morgan fingerprint density at radius 2 is 2.00 bits per heavy atom. The molecule has 1 rings (SSSR count). The van der Waals surface area contributed by atoms with Gasteiger partial charge in [-0.2, -0.15) is 13.2 Å². The zero-order valence-electron chi connectivity index (χ0n) is 10.3. The Kier molecular flexibility index (Phi) is 4.97. The second-order valence-corrected chi connectivity index (χ2v) is 3.86. The largest absolute Gasteiger partial charge is 0.478 e. The van der Waals surface area contributed by atoms with E-state index in [4.69, 9.17) is 5.11 Å². The zero-order valence-corrected chi connectivity index (χ0v) is 10.3. The fourth-order valence-corrected chi connectivity index (χ4v) is 1.66. The number of carbonyl (C=O) groups is 1. The number of aliphatic carboxylic acids is 1. The number of hydrogen-bond acceptors (Lipinski definition) is 2. The minimum Gasteiger partial charge on any atom is -0.478 e. The van der Waals surface area contributed by atoms with E-state index in [1.807, 2.05) is 0 Å². The van der Waals surface area contributed by atoms with Crippen LogP contribution < -0.4 is 4.90 Å². The summed E-state index contributed by atoms with van der Waals surface area (Å²) in [6.45, 7) is 0.724. The van der Waals surface area contributed by atoms with Crippen LogP contribution in [-0.4, -0.2) is 30.3 Å². The molecule has 104 valence electrons. The van der Waals surface area contributed by atoms with E-state index in [0.29, 0.717) is 11.3 Å². The van der Waals surface area contributed by atoms with Crippen molar-refractivity contribution in [3.8, 4) is 0 Å². The second kappa shape index (κ2) is 6.26. The molecule has 1 aromatic rings. The maximum atomic E-state index is 12.5. The second-order valence-electron chi connectivity index (χ2n) is 3.86. The molecule has 0 fully saturated rings. The summed E-state index contributed by atoms with van der Waals surface area (Å²) in [6.07, 6.45) is -2.11. The van der Waals surface area contributed by atoms with Gasteiger partial charge in [0.15, 0.2) is 0 Å². The standard InChI is InChI=1S/C13H14F3NO2/c1-2-17(9-13(14,15)16)11-6-4-3-5-10(11)7-8-12(18)19/h3-8H,2,9H2,1H3,(H,18,19)/b8-7+. The van der Waals surface area contributed by atoms with E-state index in [1.54, 1.807) is 25.1 Å². The van der Waals surface area contributed by atoms with Crippen molar-refractivity contribution < 1.29 is 23.1 Å². The monoisotopic (exact) mass is 273 g/mol. The lowest BCUT2D eigenvalue weighted by Crippen LogP contribution is -2.34. The summed E-state index contributed by atoms with van der Waals surface area (Å²) in [4.78, 5) is 11.6. The van der Waals surface area contributed by atoms with Crippen molar-refractivity contribution in [1.29, 1.82) is 0 Å². The summed E-state index contributed by atoms with van der Waals surface area (Å²) in [6, 6.07) is 6.38. The number of nitrogens with zero attached hydrogens (tertiary/aromatic N) is 1. The van der Waals surface area contributed by atoms with E-state index in [9.17, 15) is 18.0 Å². The lowest BCUT2D eigenvalue weighted by molar-refractivity contribution is -0.131. The Bertz CT molecular complexity index is 469. The van der Waals surface area contributed by atoms with Gasteiger partial charge in [0, 0.05) is 18.3 Å². The normalized spacial score (nSPS) is 11.8. The molecule has 0 heterocycles.